The first-order valence-corrected chi connectivity index (χ1v) is 14.8. The van der Waals surface area contributed by atoms with Crippen molar-refractivity contribution in [3.8, 4) is 23.1 Å². The molecule has 2 saturated heterocycles. The van der Waals surface area contributed by atoms with Gasteiger partial charge in [-0.15, -0.1) is 0 Å². The number of nitrogens with zero attached hydrogens (tertiary/aromatic N) is 6. The maximum absolute atomic E-state index is 16.6. The summed E-state index contributed by atoms with van der Waals surface area (Å²) in [5, 5.41) is -0.588. The molecule has 0 spiro atoms. The Kier molecular flexibility index (Phi) is 7.90. The minimum atomic E-state index is -4.94. The molecule has 0 saturated carbocycles. The first-order chi connectivity index (χ1) is 20.8. The van der Waals surface area contributed by atoms with Crippen molar-refractivity contribution in [1.29, 1.82) is 0 Å². The maximum atomic E-state index is 16.6. The molecule has 0 radical (unpaired) electrons. The lowest BCUT2D eigenvalue weighted by Crippen LogP contribution is -2.43. The van der Waals surface area contributed by atoms with Crippen molar-refractivity contribution >= 4 is 34.0 Å². The number of rotatable bonds is 7. The van der Waals surface area contributed by atoms with Gasteiger partial charge in [0.15, 0.2) is 5.82 Å². The van der Waals surface area contributed by atoms with E-state index in [9.17, 15) is 17.6 Å². The van der Waals surface area contributed by atoms with Crippen molar-refractivity contribution < 1.29 is 31.4 Å². The monoisotopic (exact) mass is 641 g/mol. The number of pyridine rings is 1. The predicted octanol–water partition coefficient (Wildman–Crippen LogP) is 5.19. The Morgan fingerprint density at radius 2 is 2.00 bits per heavy atom. The molecule has 1 aromatic carbocycles. The lowest BCUT2D eigenvalue weighted by molar-refractivity contribution is -0.137. The molecule has 6 rings (SSSR count). The van der Waals surface area contributed by atoms with Crippen LogP contribution in [0.3, 0.4) is 0 Å². The average Bonchev–Trinajstić information content (AvgIpc) is 3.41. The molecule has 0 amide bonds. The molecule has 0 aliphatic carbocycles. The Morgan fingerprint density at radius 3 is 2.73 bits per heavy atom. The Hall–Kier alpha value is -3.23. The Bertz CT molecular complexity index is 1590. The summed E-state index contributed by atoms with van der Waals surface area (Å²) in [4.78, 5) is 19.2. The number of alkyl halides is 4. The Labute approximate surface area is 256 Å². The summed E-state index contributed by atoms with van der Waals surface area (Å²) in [5.41, 5.74) is 2.29. The maximum Gasteiger partial charge on any atom is 0.418 e. The lowest BCUT2D eigenvalue weighted by Gasteiger charge is -2.31. The van der Waals surface area contributed by atoms with Gasteiger partial charge in [0.05, 0.1) is 22.2 Å². The van der Waals surface area contributed by atoms with Crippen LogP contribution in [-0.2, 0) is 6.18 Å². The lowest BCUT2D eigenvalue weighted by atomic mass is 9.95. The van der Waals surface area contributed by atoms with Crippen molar-refractivity contribution in [3.63, 3.8) is 0 Å². The number of nitrogen functional groups attached to an aromatic ring is 1. The van der Waals surface area contributed by atoms with Crippen LogP contribution in [-0.4, -0.2) is 96.0 Å². The van der Waals surface area contributed by atoms with Gasteiger partial charge in [-0.25, -0.2) is 13.8 Å². The number of likely N-dealkylation sites (N-methyl/N-ethyl adjacent to an activating group) is 1. The average molecular weight is 642 g/mol. The van der Waals surface area contributed by atoms with Gasteiger partial charge >= 0.3 is 12.2 Å². The number of halogens is 6. The molecule has 15 heteroatoms. The van der Waals surface area contributed by atoms with E-state index in [-0.39, 0.29) is 53.6 Å². The molecule has 1 unspecified atom stereocenters. The number of ether oxygens (including phenoxy) is 2. The molecular formula is C29H33ClF5N7O2. The fraction of sp³-hybridized carbons (Fsp3) is 0.552. The highest BCUT2D eigenvalue weighted by molar-refractivity contribution is 6.32. The third kappa shape index (κ3) is 5.45. The minimum absolute atomic E-state index is 0.0809. The molecule has 3 atom stereocenters. The van der Waals surface area contributed by atoms with Gasteiger partial charge in [-0.1, -0.05) is 11.6 Å². The van der Waals surface area contributed by atoms with Gasteiger partial charge in [0.2, 0.25) is 5.88 Å². The molecule has 3 aliphatic heterocycles. The van der Waals surface area contributed by atoms with E-state index in [4.69, 9.17) is 26.8 Å². The highest BCUT2D eigenvalue weighted by atomic mass is 35.5. The van der Waals surface area contributed by atoms with Gasteiger partial charge in [-0.2, -0.15) is 23.1 Å². The van der Waals surface area contributed by atoms with Gasteiger partial charge in [-0.3, -0.25) is 4.90 Å². The van der Waals surface area contributed by atoms with E-state index in [0.717, 1.165) is 31.5 Å². The van der Waals surface area contributed by atoms with Crippen LogP contribution >= 0.6 is 11.6 Å². The third-order valence-corrected chi connectivity index (χ3v) is 8.95. The van der Waals surface area contributed by atoms with E-state index in [1.807, 2.05) is 30.8 Å². The highest BCUT2D eigenvalue weighted by Crippen LogP contribution is 2.46. The first-order valence-electron chi connectivity index (χ1n) is 14.4. The van der Waals surface area contributed by atoms with Gasteiger partial charge in [0, 0.05) is 37.3 Å². The molecule has 0 bridgehead atoms. The number of nitrogens with two attached hydrogens (primary N) is 1. The van der Waals surface area contributed by atoms with E-state index in [0.29, 0.717) is 26.1 Å². The number of aromatic nitrogens is 3. The summed E-state index contributed by atoms with van der Waals surface area (Å²) < 4.78 is 85.7. The summed E-state index contributed by atoms with van der Waals surface area (Å²) in [6, 6.07) is 1.47. The number of anilines is 2. The van der Waals surface area contributed by atoms with Crippen molar-refractivity contribution in [1.82, 2.24) is 24.8 Å². The molecule has 5 heterocycles. The Balaban J connectivity index is 1.54. The van der Waals surface area contributed by atoms with E-state index < -0.39 is 45.5 Å². The molecule has 238 valence electrons. The number of hydrogen-bond donors (Lipinski definition) is 1. The Morgan fingerprint density at radius 1 is 1.23 bits per heavy atom. The van der Waals surface area contributed by atoms with Crippen molar-refractivity contribution in [3.05, 3.63) is 28.5 Å². The van der Waals surface area contributed by atoms with Crippen LogP contribution < -0.4 is 20.1 Å². The van der Waals surface area contributed by atoms with Crippen LogP contribution in [0.15, 0.2) is 12.1 Å². The molecule has 3 aromatic rings. The molecule has 3 aliphatic rings. The fourth-order valence-corrected chi connectivity index (χ4v) is 6.88. The standard InChI is InChI=1S/C29H33ClF5N7O2/c1-15-13-43-26-20-24(22(32)23(37-26)18-9-17(36)10-19(30)21(18)29(33,34)35)38-27(39-25(20)42(15)8-7-40(2)3)44-14-28-5-4-6-41(28)12-16(31)11-28/h9-10,15-16H,4-8,11-14,36H2,1-3H3/t15?,16-,28+/m1/s1. The summed E-state index contributed by atoms with van der Waals surface area (Å²) in [6.45, 7) is 4.21. The summed E-state index contributed by atoms with van der Waals surface area (Å²) in [5.74, 6) is -0.983. The predicted molar refractivity (Wildman–Crippen MR) is 157 cm³/mol. The first kappa shape index (κ1) is 30.8. The van der Waals surface area contributed by atoms with Crippen molar-refractivity contribution in [2.75, 3.05) is 64.1 Å². The third-order valence-electron chi connectivity index (χ3n) is 8.65. The topological polar surface area (TPSA) is 92.9 Å². The molecule has 2 aromatic heterocycles. The molecule has 2 N–H and O–H groups in total. The van der Waals surface area contributed by atoms with Gasteiger partial charge in [0.25, 0.3) is 0 Å². The van der Waals surface area contributed by atoms with E-state index in [1.54, 1.807) is 0 Å². The van der Waals surface area contributed by atoms with Crippen molar-refractivity contribution in [2.24, 2.45) is 0 Å². The van der Waals surface area contributed by atoms with Gasteiger partial charge in [-0.05, 0) is 52.5 Å². The zero-order chi connectivity index (χ0) is 31.6. The minimum Gasteiger partial charge on any atom is -0.475 e. The van der Waals surface area contributed by atoms with Gasteiger partial charge in [0.1, 0.15) is 41.8 Å². The smallest absolute Gasteiger partial charge is 0.418 e. The normalized spacial score (nSPS) is 23.7. The summed E-state index contributed by atoms with van der Waals surface area (Å²) >= 11 is 5.99. The molecule has 9 nitrogen and oxygen atoms in total. The zero-order valence-electron chi connectivity index (χ0n) is 24.5. The van der Waals surface area contributed by atoms with Crippen molar-refractivity contribution in [2.45, 2.75) is 50.1 Å². The van der Waals surface area contributed by atoms with Crippen LogP contribution in [0.2, 0.25) is 5.02 Å². The number of hydrogen-bond acceptors (Lipinski definition) is 9. The molecular weight excluding hydrogens is 609 g/mol. The fourth-order valence-electron chi connectivity index (χ4n) is 6.54. The summed E-state index contributed by atoms with van der Waals surface area (Å²) in [6.07, 6.45) is -4.00. The second-order valence-corrected chi connectivity index (χ2v) is 12.5. The highest BCUT2D eigenvalue weighted by Gasteiger charge is 2.49. The van der Waals surface area contributed by atoms with Crippen LogP contribution in [0.5, 0.6) is 11.9 Å². The number of fused-ring (bicyclic) bond motifs is 1. The van der Waals surface area contributed by atoms with Crippen LogP contribution in [0.1, 0.15) is 31.7 Å². The number of benzene rings is 1. The van der Waals surface area contributed by atoms with E-state index in [2.05, 4.69) is 19.9 Å². The zero-order valence-corrected chi connectivity index (χ0v) is 25.3. The molecule has 2 fully saturated rings. The van der Waals surface area contributed by atoms with Crippen LogP contribution in [0.4, 0.5) is 33.5 Å². The van der Waals surface area contributed by atoms with Crippen LogP contribution in [0.25, 0.3) is 22.2 Å². The van der Waals surface area contributed by atoms with Gasteiger partial charge < -0.3 is 25.0 Å². The second-order valence-electron chi connectivity index (χ2n) is 12.1. The van der Waals surface area contributed by atoms with Crippen LogP contribution in [0, 0.1) is 5.82 Å². The summed E-state index contributed by atoms with van der Waals surface area (Å²) in [7, 11) is 3.82. The van der Waals surface area contributed by atoms with E-state index in [1.165, 1.54) is 0 Å². The quantitative estimate of drug-likeness (QED) is 0.276. The largest absolute Gasteiger partial charge is 0.475 e. The van der Waals surface area contributed by atoms with E-state index >= 15 is 4.39 Å². The SMILES string of the molecule is CC1COc2nc(-c3cc(N)cc(Cl)c3C(F)(F)F)c(F)c3nc(OC[C@@]45CCCN4C[C@H](F)C5)nc(c23)N1CCN(C)C. The second kappa shape index (κ2) is 11.3. The molecule has 44 heavy (non-hydrogen) atoms.